The summed E-state index contributed by atoms with van der Waals surface area (Å²) in [5.41, 5.74) is 1.19. The number of aliphatic hydroxyl groups excluding tert-OH is 1. The molecule has 0 saturated heterocycles. The third kappa shape index (κ3) is 1.32. The van der Waals surface area contributed by atoms with Crippen LogP contribution in [0.15, 0.2) is 11.4 Å². The first-order chi connectivity index (χ1) is 4.22. The van der Waals surface area contributed by atoms with Gasteiger partial charge in [-0.1, -0.05) is 0 Å². The predicted octanol–water partition coefficient (Wildman–Crippen LogP) is 2.11. The summed E-state index contributed by atoms with van der Waals surface area (Å²) in [5.74, 6) is 0. The number of hydrogen-bond donors (Lipinski definition) is 1. The Morgan fingerprint density at radius 3 is 2.56 bits per heavy atom. The second-order valence-corrected chi connectivity index (χ2v) is 3.09. The highest BCUT2D eigenvalue weighted by molar-refractivity contribution is 7.10. The van der Waals surface area contributed by atoms with Gasteiger partial charge in [-0.2, -0.15) is 0 Å². The first-order valence-corrected chi connectivity index (χ1v) is 3.82. The van der Waals surface area contributed by atoms with Crippen molar-refractivity contribution >= 4 is 11.3 Å². The Labute approximate surface area is 59.0 Å². The van der Waals surface area contributed by atoms with Crippen molar-refractivity contribution in [2.45, 2.75) is 20.0 Å². The zero-order valence-electron chi connectivity index (χ0n) is 5.59. The topological polar surface area (TPSA) is 20.2 Å². The summed E-state index contributed by atoms with van der Waals surface area (Å²) in [7, 11) is 0. The molecule has 0 fully saturated rings. The van der Waals surface area contributed by atoms with Crippen molar-refractivity contribution in [3.8, 4) is 0 Å². The SMILES string of the molecule is Cc1ccsc1[C@@H](C)O. The van der Waals surface area contributed by atoms with E-state index in [1.807, 2.05) is 18.4 Å². The molecule has 1 atom stereocenters. The van der Waals surface area contributed by atoms with E-state index in [1.165, 1.54) is 5.56 Å². The number of thiophene rings is 1. The zero-order chi connectivity index (χ0) is 6.85. The standard InChI is InChI=1S/C7H10OS/c1-5-3-4-9-7(5)6(2)8/h3-4,6,8H,1-2H3/t6-/m1/s1. The lowest BCUT2D eigenvalue weighted by Gasteiger charge is -1.99. The van der Waals surface area contributed by atoms with Crippen molar-refractivity contribution in [3.63, 3.8) is 0 Å². The fraction of sp³-hybridized carbons (Fsp3) is 0.429. The van der Waals surface area contributed by atoms with E-state index in [4.69, 9.17) is 5.11 Å². The molecule has 0 saturated carbocycles. The van der Waals surface area contributed by atoms with Crippen LogP contribution >= 0.6 is 11.3 Å². The van der Waals surface area contributed by atoms with Crippen LogP contribution in [0.4, 0.5) is 0 Å². The number of aryl methyl sites for hydroxylation is 1. The normalized spacial score (nSPS) is 13.7. The summed E-state index contributed by atoms with van der Waals surface area (Å²) in [6, 6.07) is 2.02. The minimum Gasteiger partial charge on any atom is -0.388 e. The maximum atomic E-state index is 9.10. The molecule has 0 bridgehead atoms. The summed E-state index contributed by atoms with van der Waals surface area (Å²) in [6.45, 7) is 3.80. The van der Waals surface area contributed by atoms with Gasteiger partial charge in [-0.3, -0.25) is 0 Å². The fourth-order valence-corrected chi connectivity index (χ4v) is 1.68. The minimum atomic E-state index is -0.301. The first kappa shape index (κ1) is 6.78. The largest absolute Gasteiger partial charge is 0.388 e. The van der Waals surface area contributed by atoms with Crippen LogP contribution in [0.2, 0.25) is 0 Å². The second kappa shape index (κ2) is 2.50. The molecule has 0 aliphatic heterocycles. The summed E-state index contributed by atoms with van der Waals surface area (Å²) >= 11 is 1.61. The molecule has 1 N–H and O–H groups in total. The molecule has 0 aliphatic carbocycles. The van der Waals surface area contributed by atoms with E-state index in [9.17, 15) is 0 Å². The van der Waals surface area contributed by atoms with E-state index in [2.05, 4.69) is 0 Å². The van der Waals surface area contributed by atoms with Gasteiger partial charge < -0.3 is 5.11 Å². The van der Waals surface area contributed by atoms with Gasteiger partial charge in [-0.05, 0) is 30.9 Å². The van der Waals surface area contributed by atoms with Crippen molar-refractivity contribution in [2.75, 3.05) is 0 Å². The number of rotatable bonds is 1. The maximum Gasteiger partial charge on any atom is 0.0856 e. The molecule has 1 aromatic rings. The molecule has 0 amide bonds. The van der Waals surface area contributed by atoms with Gasteiger partial charge in [0.05, 0.1) is 6.10 Å². The van der Waals surface area contributed by atoms with Crippen molar-refractivity contribution in [1.29, 1.82) is 0 Å². The van der Waals surface area contributed by atoms with Gasteiger partial charge >= 0.3 is 0 Å². The number of aliphatic hydroxyl groups is 1. The van der Waals surface area contributed by atoms with Gasteiger partial charge in [-0.15, -0.1) is 11.3 Å². The van der Waals surface area contributed by atoms with Crippen LogP contribution in [0.5, 0.6) is 0 Å². The van der Waals surface area contributed by atoms with E-state index in [0.717, 1.165) is 4.88 Å². The van der Waals surface area contributed by atoms with E-state index in [-0.39, 0.29) is 6.10 Å². The van der Waals surface area contributed by atoms with E-state index < -0.39 is 0 Å². The molecule has 0 unspecified atom stereocenters. The lowest BCUT2D eigenvalue weighted by atomic mass is 10.2. The van der Waals surface area contributed by atoms with Crippen molar-refractivity contribution < 1.29 is 5.11 Å². The Balaban J connectivity index is 2.94. The second-order valence-electron chi connectivity index (χ2n) is 2.14. The first-order valence-electron chi connectivity index (χ1n) is 2.94. The highest BCUT2D eigenvalue weighted by atomic mass is 32.1. The van der Waals surface area contributed by atoms with Crippen LogP contribution in [-0.4, -0.2) is 5.11 Å². The van der Waals surface area contributed by atoms with Crippen molar-refractivity contribution in [3.05, 3.63) is 21.9 Å². The summed E-state index contributed by atoms with van der Waals surface area (Å²) in [4.78, 5) is 1.08. The monoisotopic (exact) mass is 142 g/mol. The predicted molar refractivity (Wildman–Crippen MR) is 39.7 cm³/mol. The van der Waals surface area contributed by atoms with Gasteiger partial charge in [0.2, 0.25) is 0 Å². The Kier molecular flexibility index (Phi) is 1.88. The highest BCUT2D eigenvalue weighted by Gasteiger charge is 2.03. The third-order valence-corrected chi connectivity index (χ3v) is 2.47. The average molecular weight is 142 g/mol. The molecule has 0 spiro atoms. The van der Waals surface area contributed by atoms with Gasteiger partial charge in [0.1, 0.15) is 0 Å². The molecule has 0 aliphatic rings. The zero-order valence-corrected chi connectivity index (χ0v) is 6.40. The molecule has 9 heavy (non-hydrogen) atoms. The van der Waals surface area contributed by atoms with E-state index in [0.29, 0.717) is 0 Å². The van der Waals surface area contributed by atoms with Crippen LogP contribution in [0.1, 0.15) is 23.5 Å². The summed E-state index contributed by atoms with van der Waals surface area (Å²) in [5, 5.41) is 11.1. The molecule has 0 aromatic carbocycles. The Morgan fingerprint density at radius 2 is 2.33 bits per heavy atom. The fourth-order valence-electron chi connectivity index (χ4n) is 0.812. The van der Waals surface area contributed by atoms with Crippen molar-refractivity contribution in [1.82, 2.24) is 0 Å². The molecular weight excluding hydrogens is 132 g/mol. The van der Waals surface area contributed by atoms with Crippen LogP contribution < -0.4 is 0 Å². The Morgan fingerprint density at radius 1 is 1.67 bits per heavy atom. The van der Waals surface area contributed by atoms with Gasteiger partial charge in [0.25, 0.3) is 0 Å². The third-order valence-electron chi connectivity index (χ3n) is 1.28. The van der Waals surface area contributed by atoms with Crippen LogP contribution in [0, 0.1) is 6.92 Å². The quantitative estimate of drug-likeness (QED) is 0.636. The van der Waals surface area contributed by atoms with Gasteiger partial charge in [0.15, 0.2) is 0 Å². The lowest BCUT2D eigenvalue weighted by molar-refractivity contribution is 0.202. The summed E-state index contributed by atoms with van der Waals surface area (Å²) in [6.07, 6.45) is -0.301. The molecule has 1 rings (SSSR count). The molecule has 2 heteroatoms. The Hall–Kier alpha value is -0.340. The van der Waals surface area contributed by atoms with Crippen LogP contribution in [0.25, 0.3) is 0 Å². The molecule has 0 radical (unpaired) electrons. The average Bonchev–Trinajstić information content (AvgIpc) is 2.13. The Bertz CT molecular complexity index is 191. The smallest absolute Gasteiger partial charge is 0.0856 e. The lowest BCUT2D eigenvalue weighted by Crippen LogP contribution is -1.87. The van der Waals surface area contributed by atoms with Gasteiger partial charge in [0, 0.05) is 4.88 Å². The van der Waals surface area contributed by atoms with Crippen LogP contribution in [-0.2, 0) is 0 Å². The highest BCUT2D eigenvalue weighted by Crippen LogP contribution is 2.22. The van der Waals surface area contributed by atoms with E-state index in [1.54, 1.807) is 18.3 Å². The van der Waals surface area contributed by atoms with Gasteiger partial charge in [-0.25, -0.2) is 0 Å². The molecule has 1 heterocycles. The molecule has 1 nitrogen and oxygen atoms in total. The molecule has 1 aromatic heterocycles. The minimum absolute atomic E-state index is 0.301. The molecular formula is C7H10OS. The maximum absolute atomic E-state index is 9.10. The van der Waals surface area contributed by atoms with Crippen LogP contribution in [0.3, 0.4) is 0 Å². The van der Waals surface area contributed by atoms with E-state index >= 15 is 0 Å². The molecule has 50 valence electrons. The van der Waals surface area contributed by atoms with Crippen molar-refractivity contribution in [2.24, 2.45) is 0 Å². The number of hydrogen-bond acceptors (Lipinski definition) is 2. The summed E-state index contributed by atoms with van der Waals surface area (Å²) < 4.78 is 0.